The molecule has 1 saturated carbocycles. The summed E-state index contributed by atoms with van der Waals surface area (Å²) in [6.07, 6.45) is 7.31. The molecule has 0 aliphatic heterocycles. The first-order valence-electron chi connectivity index (χ1n) is 5.71. The van der Waals surface area contributed by atoms with E-state index in [0.29, 0.717) is 0 Å². The van der Waals surface area contributed by atoms with Crippen LogP contribution in [0, 0.1) is 12.8 Å². The Morgan fingerprint density at radius 2 is 2.33 bits per heavy atom. The van der Waals surface area contributed by atoms with Gasteiger partial charge in [-0.2, -0.15) is 0 Å². The molecule has 15 heavy (non-hydrogen) atoms. The number of nitrogens with zero attached hydrogens (tertiary/aromatic N) is 1. The Morgan fingerprint density at radius 1 is 1.53 bits per heavy atom. The fourth-order valence-electron chi connectivity index (χ4n) is 1.82. The van der Waals surface area contributed by atoms with Crippen molar-refractivity contribution in [1.29, 1.82) is 0 Å². The van der Waals surface area contributed by atoms with Gasteiger partial charge in [0.1, 0.15) is 5.82 Å². The number of nitrogen functional groups attached to an aromatic ring is 1. The summed E-state index contributed by atoms with van der Waals surface area (Å²) in [5.74, 6) is 1.85. The van der Waals surface area contributed by atoms with E-state index < -0.39 is 0 Å². The Morgan fingerprint density at radius 3 is 2.93 bits per heavy atom. The molecule has 0 amide bonds. The highest BCUT2D eigenvalue weighted by molar-refractivity contribution is 5.53. The van der Waals surface area contributed by atoms with Gasteiger partial charge in [0.2, 0.25) is 0 Å². The van der Waals surface area contributed by atoms with E-state index in [4.69, 9.17) is 5.73 Å². The minimum absolute atomic E-state index is 0.816. The SMILES string of the molecule is Cc1cnc(NCCC2CCC2)cc1N. The summed E-state index contributed by atoms with van der Waals surface area (Å²) in [7, 11) is 0. The Hall–Kier alpha value is -1.25. The van der Waals surface area contributed by atoms with E-state index in [1.54, 1.807) is 0 Å². The Labute approximate surface area is 91.1 Å². The molecule has 82 valence electrons. The van der Waals surface area contributed by atoms with Gasteiger partial charge < -0.3 is 11.1 Å². The highest BCUT2D eigenvalue weighted by Gasteiger charge is 2.16. The van der Waals surface area contributed by atoms with E-state index >= 15 is 0 Å². The van der Waals surface area contributed by atoms with Crippen LogP contribution in [0.2, 0.25) is 0 Å². The Bertz CT molecular complexity index is 332. The van der Waals surface area contributed by atoms with Crippen molar-refractivity contribution in [1.82, 2.24) is 4.98 Å². The molecule has 3 heteroatoms. The number of aryl methyl sites for hydroxylation is 1. The van der Waals surface area contributed by atoms with Gasteiger partial charge in [0.25, 0.3) is 0 Å². The van der Waals surface area contributed by atoms with Crippen LogP contribution in [0.1, 0.15) is 31.2 Å². The number of aromatic nitrogens is 1. The maximum Gasteiger partial charge on any atom is 0.127 e. The number of hydrogen-bond donors (Lipinski definition) is 2. The predicted molar refractivity (Wildman–Crippen MR) is 63.8 cm³/mol. The van der Waals surface area contributed by atoms with Gasteiger partial charge in [-0.05, 0) is 24.8 Å². The van der Waals surface area contributed by atoms with E-state index in [1.807, 2.05) is 19.2 Å². The van der Waals surface area contributed by atoms with Gasteiger partial charge in [-0.15, -0.1) is 0 Å². The Balaban J connectivity index is 1.79. The molecule has 1 fully saturated rings. The first-order valence-corrected chi connectivity index (χ1v) is 5.71. The van der Waals surface area contributed by atoms with E-state index in [2.05, 4.69) is 10.3 Å². The summed E-state index contributed by atoms with van der Waals surface area (Å²) >= 11 is 0. The van der Waals surface area contributed by atoms with Crippen molar-refractivity contribution in [3.63, 3.8) is 0 Å². The molecule has 0 spiro atoms. The lowest BCUT2D eigenvalue weighted by Crippen LogP contribution is -2.16. The molecule has 3 nitrogen and oxygen atoms in total. The first-order chi connectivity index (χ1) is 7.25. The average molecular weight is 205 g/mol. The van der Waals surface area contributed by atoms with Crippen molar-refractivity contribution in [3.8, 4) is 0 Å². The maximum absolute atomic E-state index is 5.81. The molecule has 1 aliphatic rings. The molecule has 0 bridgehead atoms. The van der Waals surface area contributed by atoms with Gasteiger partial charge >= 0.3 is 0 Å². The van der Waals surface area contributed by atoms with Crippen LogP contribution in [-0.4, -0.2) is 11.5 Å². The second-order valence-corrected chi connectivity index (χ2v) is 4.44. The normalized spacial score (nSPS) is 16.1. The van der Waals surface area contributed by atoms with Crippen LogP contribution in [0.25, 0.3) is 0 Å². The van der Waals surface area contributed by atoms with Crippen LogP contribution in [0.4, 0.5) is 11.5 Å². The van der Waals surface area contributed by atoms with Crippen molar-refractivity contribution < 1.29 is 0 Å². The average Bonchev–Trinajstić information content (AvgIpc) is 2.15. The van der Waals surface area contributed by atoms with Crippen LogP contribution in [0.15, 0.2) is 12.3 Å². The minimum Gasteiger partial charge on any atom is -0.398 e. The van der Waals surface area contributed by atoms with Crippen LogP contribution in [0.5, 0.6) is 0 Å². The molecule has 2 rings (SSSR count). The predicted octanol–water partition coefficient (Wildman–Crippen LogP) is 2.57. The molecule has 1 aromatic rings. The van der Waals surface area contributed by atoms with Crippen molar-refractivity contribution in [3.05, 3.63) is 17.8 Å². The highest BCUT2D eigenvalue weighted by atomic mass is 15.0. The van der Waals surface area contributed by atoms with Gasteiger partial charge in [-0.25, -0.2) is 4.98 Å². The summed E-state index contributed by atoms with van der Waals surface area (Å²) < 4.78 is 0. The molecule has 0 atom stereocenters. The molecular weight excluding hydrogens is 186 g/mol. The topological polar surface area (TPSA) is 50.9 Å². The van der Waals surface area contributed by atoms with Crippen LogP contribution in [-0.2, 0) is 0 Å². The number of anilines is 2. The minimum atomic E-state index is 0.816. The molecule has 0 aromatic carbocycles. The number of pyridine rings is 1. The zero-order chi connectivity index (χ0) is 10.7. The zero-order valence-electron chi connectivity index (χ0n) is 9.29. The number of nitrogens with one attached hydrogen (secondary N) is 1. The molecule has 0 unspecified atom stereocenters. The third-order valence-electron chi connectivity index (χ3n) is 3.23. The van der Waals surface area contributed by atoms with Gasteiger partial charge in [-0.1, -0.05) is 19.3 Å². The number of rotatable bonds is 4. The Kier molecular flexibility index (Phi) is 3.09. The van der Waals surface area contributed by atoms with Gasteiger partial charge in [0, 0.05) is 24.5 Å². The van der Waals surface area contributed by atoms with E-state index in [-0.39, 0.29) is 0 Å². The highest BCUT2D eigenvalue weighted by Crippen LogP contribution is 2.29. The summed E-state index contributed by atoms with van der Waals surface area (Å²) in [6.45, 7) is 2.99. The van der Waals surface area contributed by atoms with Gasteiger partial charge in [0.15, 0.2) is 0 Å². The van der Waals surface area contributed by atoms with E-state index in [0.717, 1.165) is 29.5 Å². The molecule has 1 aliphatic carbocycles. The summed E-state index contributed by atoms with van der Waals surface area (Å²) in [6, 6.07) is 1.91. The smallest absolute Gasteiger partial charge is 0.127 e. The lowest BCUT2D eigenvalue weighted by Gasteiger charge is -2.25. The second-order valence-electron chi connectivity index (χ2n) is 4.44. The molecule has 0 radical (unpaired) electrons. The van der Waals surface area contributed by atoms with E-state index in [9.17, 15) is 0 Å². The zero-order valence-corrected chi connectivity index (χ0v) is 9.29. The van der Waals surface area contributed by atoms with Crippen LogP contribution < -0.4 is 11.1 Å². The third kappa shape index (κ3) is 2.61. The summed E-state index contributed by atoms with van der Waals surface area (Å²) in [5, 5.41) is 3.32. The fourth-order valence-corrected chi connectivity index (χ4v) is 1.82. The standard InChI is InChI=1S/C12H19N3/c1-9-8-15-12(7-11(9)13)14-6-5-10-3-2-4-10/h7-8,10H,2-6H2,1H3,(H3,13,14,15). The van der Waals surface area contributed by atoms with Crippen LogP contribution >= 0.6 is 0 Å². The quantitative estimate of drug-likeness (QED) is 0.794. The first kappa shape index (κ1) is 10.3. The maximum atomic E-state index is 5.81. The number of hydrogen-bond acceptors (Lipinski definition) is 3. The fraction of sp³-hybridized carbons (Fsp3) is 0.583. The molecular formula is C12H19N3. The van der Waals surface area contributed by atoms with Crippen molar-refractivity contribution in [2.24, 2.45) is 5.92 Å². The van der Waals surface area contributed by atoms with Gasteiger partial charge in [0.05, 0.1) is 0 Å². The van der Waals surface area contributed by atoms with Gasteiger partial charge in [-0.3, -0.25) is 0 Å². The molecule has 1 aromatic heterocycles. The molecule has 1 heterocycles. The second kappa shape index (κ2) is 4.51. The van der Waals surface area contributed by atoms with Crippen molar-refractivity contribution in [2.75, 3.05) is 17.6 Å². The summed E-state index contributed by atoms with van der Waals surface area (Å²) in [4.78, 5) is 4.29. The molecule has 0 saturated heterocycles. The van der Waals surface area contributed by atoms with Crippen molar-refractivity contribution in [2.45, 2.75) is 32.6 Å². The monoisotopic (exact) mass is 205 g/mol. The largest absolute Gasteiger partial charge is 0.398 e. The number of nitrogens with two attached hydrogens (primary N) is 1. The lowest BCUT2D eigenvalue weighted by molar-refractivity contribution is 0.303. The van der Waals surface area contributed by atoms with Crippen LogP contribution in [0.3, 0.4) is 0 Å². The summed E-state index contributed by atoms with van der Waals surface area (Å²) in [5.41, 5.74) is 7.67. The van der Waals surface area contributed by atoms with E-state index in [1.165, 1.54) is 25.7 Å². The van der Waals surface area contributed by atoms with Crippen molar-refractivity contribution >= 4 is 11.5 Å². The lowest BCUT2D eigenvalue weighted by atomic mass is 9.83. The third-order valence-corrected chi connectivity index (χ3v) is 3.23. The molecule has 3 N–H and O–H groups in total.